The van der Waals surface area contributed by atoms with Gasteiger partial charge in [0, 0.05) is 6.04 Å². The second-order valence-electron chi connectivity index (χ2n) is 5.81. The summed E-state index contributed by atoms with van der Waals surface area (Å²) in [7, 11) is -0.0142. The molecule has 0 bridgehead atoms. The Hall–Kier alpha value is -2.29. The first-order valence-electron chi connectivity index (χ1n) is 7.80. The molecule has 138 valence electrons. The molecule has 2 amide bonds. The van der Waals surface area contributed by atoms with Crippen LogP contribution in [0.2, 0.25) is 0 Å². The van der Waals surface area contributed by atoms with Gasteiger partial charge in [-0.1, -0.05) is 6.07 Å². The average Bonchev–Trinajstić information content (AvgIpc) is 2.91. The Labute approximate surface area is 146 Å². The van der Waals surface area contributed by atoms with Crippen LogP contribution in [0.5, 0.6) is 11.5 Å². The highest BCUT2D eigenvalue weighted by Crippen LogP contribution is 2.27. The van der Waals surface area contributed by atoms with Gasteiger partial charge >= 0.3 is 0 Å². The average molecular weight is 370 g/mol. The smallest absolute Gasteiger partial charge is 0.239 e. The van der Waals surface area contributed by atoms with Crippen LogP contribution in [0.15, 0.2) is 18.2 Å². The number of hydrogen-bond acceptors (Lipinski definition) is 6. The van der Waals surface area contributed by atoms with Crippen molar-refractivity contribution < 1.29 is 27.5 Å². The van der Waals surface area contributed by atoms with Crippen molar-refractivity contribution in [3.63, 3.8) is 0 Å². The minimum absolute atomic E-state index is 0.0433. The van der Waals surface area contributed by atoms with Crippen LogP contribution < -0.4 is 20.1 Å². The first-order chi connectivity index (χ1) is 11.8. The van der Waals surface area contributed by atoms with E-state index in [1.54, 1.807) is 18.2 Å². The number of nitrogens with one attached hydrogen (secondary N) is 2. The van der Waals surface area contributed by atoms with Crippen LogP contribution in [-0.4, -0.2) is 58.5 Å². The number of ether oxygens (including phenoxy) is 2. The summed E-state index contributed by atoms with van der Waals surface area (Å²) >= 11 is 0. The van der Waals surface area contributed by atoms with E-state index in [0.29, 0.717) is 17.9 Å². The number of methoxy groups -OCH3 is 2. The van der Waals surface area contributed by atoms with Crippen molar-refractivity contribution in [1.82, 2.24) is 10.6 Å². The van der Waals surface area contributed by atoms with Crippen molar-refractivity contribution in [3.8, 4) is 11.5 Å². The van der Waals surface area contributed by atoms with E-state index >= 15 is 0 Å². The Morgan fingerprint density at radius 3 is 2.48 bits per heavy atom. The summed E-state index contributed by atoms with van der Waals surface area (Å²) < 4.78 is 33.0. The minimum atomic E-state index is -3.05. The molecule has 2 N–H and O–H groups in total. The lowest BCUT2D eigenvalue weighted by molar-refractivity contribution is -0.126. The van der Waals surface area contributed by atoms with Crippen LogP contribution in [0.3, 0.4) is 0 Å². The molecule has 1 unspecified atom stereocenters. The van der Waals surface area contributed by atoms with Gasteiger partial charge < -0.3 is 20.1 Å². The number of carbonyl (C=O) groups is 2. The number of hydrogen-bond donors (Lipinski definition) is 2. The normalized spacial score (nSPS) is 18.4. The number of amides is 2. The summed E-state index contributed by atoms with van der Waals surface area (Å²) in [6.45, 7) is -0.192. The highest BCUT2D eigenvalue weighted by atomic mass is 32.2. The minimum Gasteiger partial charge on any atom is -0.493 e. The molecule has 1 aliphatic heterocycles. The second-order valence-corrected chi connectivity index (χ2v) is 8.04. The molecular weight excluding hydrogens is 348 g/mol. The Morgan fingerprint density at radius 2 is 1.88 bits per heavy atom. The molecule has 1 aromatic carbocycles. The molecule has 1 aliphatic rings. The number of sulfone groups is 1. The molecule has 1 heterocycles. The van der Waals surface area contributed by atoms with Crippen molar-refractivity contribution in [2.45, 2.75) is 18.9 Å². The summed E-state index contributed by atoms with van der Waals surface area (Å²) in [6.07, 6.45) is 0.499. The van der Waals surface area contributed by atoms with E-state index in [-0.39, 0.29) is 36.4 Å². The lowest BCUT2D eigenvalue weighted by atomic mass is 10.1. The van der Waals surface area contributed by atoms with Gasteiger partial charge in [-0.15, -0.1) is 0 Å². The third kappa shape index (κ3) is 5.63. The predicted octanol–water partition coefficient (Wildman–Crippen LogP) is -0.334. The van der Waals surface area contributed by atoms with Crippen LogP contribution in [0.25, 0.3) is 0 Å². The molecular formula is C16H22N2O6S. The van der Waals surface area contributed by atoms with Gasteiger partial charge in [-0.3, -0.25) is 9.59 Å². The maximum absolute atomic E-state index is 12.0. The molecule has 0 spiro atoms. The molecule has 1 saturated heterocycles. The molecule has 0 aromatic heterocycles. The molecule has 25 heavy (non-hydrogen) atoms. The van der Waals surface area contributed by atoms with Crippen molar-refractivity contribution in [2.24, 2.45) is 0 Å². The molecule has 1 fully saturated rings. The molecule has 0 radical (unpaired) electrons. The van der Waals surface area contributed by atoms with Crippen LogP contribution in [0, 0.1) is 0 Å². The molecule has 0 aliphatic carbocycles. The second kappa shape index (κ2) is 8.19. The molecule has 0 saturated carbocycles. The summed E-state index contributed by atoms with van der Waals surface area (Å²) in [5.74, 6) is 0.414. The Balaban J connectivity index is 1.79. The number of carbonyl (C=O) groups excluding carboxylic acids is 2. The summed E-state index contributed by atoms with van der Waals surface area (Å²) in [6, 6.07) is 4.77. The SMILES string of the molecule is COc1ccc(CC(=O)NCC(=O)NC2CCS(=O)(=O)C2)cc1OC. The fourth-order valence-corrected chi connectivity index (χ4v) is 4.28. The Morgan fingerprint density at radius 1 is 1.16 bits per heavy atom. The number of benzene rings is 1. The van der Waals surface area contributed by atoms with Crippen LogP contribution in [-0.2, 0) is 25.8 Å². The fraction of sp³-hybridized carbons (Fsp3) is 0.500. The molecule has 1 atom stereocenters. The van der Waals surface area contributed by atoms with Gasteiger partial charge in [0.2, 0.25) is 11.8 Å². The van der Waals surface area contributed by atoms with Crippen molar-refractivity contribution in [1.29, 1.82) is 0 Å². The first kappa shape index (κ1) is 19.0. The standard InChI is InChI=1S/C16H22N2O6S/c1-23-13-4-3-11(7-14(13)24-2)8-15(19)17-9-16(20)18-12-5-6-25(21,22)10-12/h3-4,7,12H,5-6,8-10H2,1-2H3,(H,17,19)(H,18,20). The zero-order valence-electron chi connectivity index (χ0n) is 14.2. The quantitative estimate of drug-likeness (QED) is 0.680. The third-order valence-electron chi connectivity index (χ3n) is 3.86. The van der Waals surface area contributed by atoms with E-state index in [1.807, 2.05) is 0 Å². The van der Waals surface area contributed by atoms with Gasteiger partial charge in [0.05, 0.1) is 38.7 Å². The maximum Gasteiger partial charge on any atom is 0.239 e. The van der Waals surface area contributed by atoms with Gasteiger partial charge in [0.15, 0.2) is 21.3 Å². The van der Waals surface area contributed by atoms with Crippen LogP contribution in [0.4, 0.5) is 0 Å². The van der Waals surface area contributed by atoms with Gasteiger partial charge in [-0.25, -0.2) is 8.42 Å². The maximum atomic E-state index is 12.0. The van der Waals surface area contributed by atoms with Crippen LogP contribution in [0.1, 0.15) is 12.0 Å². The Kier molecular flexibility index (Phi) is 6.24. The van der Waals surface area contributed by atoms with Crippen molar-refractivity contribution >= 4 is 21.7 Å². The summed E-state index contributed by atoms with van der Waals surface area (Å²) in [5, 5.41) is 5.14. The molecule has 2 rings (SSSR count). The van der Waals surface area contributed by atoms with Gasteiger partial charge in [-0.2, -0.15) is 0 Å². The van der Waals surface area contributed by atoms with Gasteiger partial charge in [0.25, 0.3) is 0 Å². The summed E-state index contributed by atoms with van der Waals surface area (Å²) in [5.41, 5.74) is 0.720. The monoisotopic (exact) mass is 370 g/mol. The summed E-state index contributed by atoms with van der Waals surface area (Å²) in [4.78, 5) is 23.7. The van der Waals surface area contributed by atoms with E-state index in [4.69, 9.17) is 9.47 Å². The highest BCUT2D eigenvalue weighted by Gasteiger charge is 2.28. The predicted molar refractivity (Wildman–Crippen MR) is 91.5 cm³/mol. The molecule has 1 aromatic rings. The largest absolute Gasteiger partial charge is 0.493 e. The van der Waals surface area contributed by atoms with E-state index in [9.17, 15) is 18.0 Å². The lowest BCUT2D eigenvalue weighted by Crippen LogP contribution is -2.42. The van der Waals surface area contributed by atoms with Gasteiger partial charge in [-0.05, 0) is 24.1 Å². The zero-order chi connectivity index (χ0) is 18.4. The lowest BCUT2D eigenvalue weighted by Gasteiger charge is -2.12. The zero-order valence-corrected chi connectivity index (χ0v) is 15.0. The highest BCUT2D eigenvalue weighted by molar-refractivity contribution is 7.91. The number of rotatable bonds is 7. The molecule has 8 nitrogen and oxygen atoms in total. The third-order valence-corrected chi connectivity index (χ3v) is 5.62. The topological polar surface area (TPSA) is 111 Å². The molecule has 9 heteroatoms. The van der Waals surface area contributed by atoms with E-state index < -0.39 is 15.7 Å². The van der Waals surface area contributed by atoms with Gasteiger partial charge in [0.1, 0.15) is 0 Å². The van der Waals surface area contributed by atoms with Crippen LogP contribution >= 0.6 is 0 Å². The Bertz CT molecular complexity index is 747. The van der Waals surface area contributed by atoms with E-state index in [2.05, 4.69) is 10.6 Å². The van der Waals surface area contributed by atoms with E-state index in [1.165, 1.54) is 14.2 Å². The fourth-order valence-electron chi connectivity index (χ4n) is 2.60. The first-order valence-corrected chi connectivity index (χ1v) is 9.62. The van der Waals surface area contributed by atoms with Crippen molar-refractivity contribution in [2.75, 3.05) is 32.3 Å². The van der Waals surface area contributed by atoms with Crippen molar-refractivity contribution in [3.05, 3.63) is 23.8 Å². The van der Waals surface area contributed by atoms with E-state index in [0.717, 1.165) is 5.56 Å².